The van der Waals surface area contributed by atoms with Crippen LogP contribution in [0.2, 0.25) is 0 Å². The minimum atomic E-state index is -0.682. The maximum absolute atomic E-state index is 13.1. The van der Waals surface area contributed by atoms with E-state index in [1.54, 1.807) is 23.1 Å². The molecule has 3 amide bonds. The number of benzene rings is 2. The van der Waals surface area contributed by atoms with Crippen LogP contribution >= 0.6 is 0 Å². The maximum atomic E-state index is 13.1. The third-order valence-corrected chi connectivity index (χ3v) is 6.17. The highest BCUT2D eigenvalue weighted by Crippen LogP contribution is 2.36. The monoisotopic (exact) mass is 449 g/mol. The molecule has 1 saturated carbocycles. The van der Waals surface area contributed by atoms with Crippen LogP contribution in [0, 0.1) is 5.92 Å². The Kier molecular flexibility index (Phi) is 5.90. The molecule has 33 heavy (non-hydrogen) atoms. The van der Waals surface area contributed by atoms with Gasteiger partial charge in [-0.25, -0.2) is 0 Å². The van der Waals surface area contributed by atoms with Crippen molar-refractivity contribution >= 4 is 23.4 Å². The molecule has 3 aliphatic rings. The lowest BCUT2D eigenvalue weighted by molar-refractivity contribution is -0.131. The van der Waals surface area contributed by atoms with Gasteiger partial charge in [0.2, 0.25) is 17.7 Å². The first-order chi connectivity index (χ1) is 16.1. The zero-order chi connectivity index (χ0) is 22.8. The molecule has 0 radical (unpaired) electrons. The van der Waals surface area contributed by atoms with Crippen LogP contribution in [0.3, 0.4) is 0 Å². The smallest absolute Gasteiger partial charge is 0.243 e. The predicted molar refractivity (Wildman–Crippen MR) is 121 cm³/mol. The number of nitrogens with zero attached hydrogens (tertiary/aromatic N) is 1. The van der Waals surface area contributed by atoms with Gasteiger partial charge in [0.05, 0.1) is 5.92 Å². The highest BCUT2D eigenvalue weighted by Gasteiger charge is 2.37. The Bertz CT molecular complexity index is 1050. The molecule has 2 aromatic rings. The average Bonchev–Trinajstić information content (AvgIpc) is 3.56. The van der Waals surface area contributed by atoms with Gasteiger partial charge in [-0.2, -0.15) is 0 Å². The first-order valence-corrected chi connectivity index (χ1v) is 11.4. The topological polar surface area (TPSA) is 97.0 Å². The predicted octanol–water partition coefficient (Wildman–Crippen LogP) is 1.82. The van der Waals surface area contributed by atoms with Crippen LogP contribution in [0.25, 0.3) is 0 Å². The number of carbonyl (C=O) groups is 3. The molecule has 2 atom stereocenters. The van der Waals surface area contributed by atoms with Crippen LogP contribution in [-0.2, 0) is 20.8 Å². The molecule has 5 rings (SSSR count). The molecule has 2 aromatic carbocycles. The van der Waals surface area contributed by atoms with Gasteiger partial charge in [-0.05, 0) is 30.5 Å². The van der Waals surface area contributed by atoms with E-state index >= 15 is 0 Å². The Morgan fingerprint density at radius 3 is 2.55 bits per heavy atom. The molecule has 1 saturated heterocycles. The van der Waals surface area contributed by atoms with Crippen molar-refractivity contribution in [2.45, 2.75) is 37.8 Å². The van der Waals surface area contributed by atoms with Crippen LogP contribution in [0.5, 0.6) is 11.5 Å². The molecule has 8 heteroatoms. The largest absolute Gasteiger partial charge is 0.486 e. The fraction of sp³-hybridized carbons (Fsp3) is 0.400. The standard InChI is InChI=1S/C25H27N3O5/c29-23-13-17(15-28(23)19-8-9-21-22(14-19)33-11-10-32-21)24(30)27-20(25(31)26-18-6-7-18)12-16-4-2-1-3-5-16/h1-5,8-9,14,17-18,20H,6-7,10-13,15H2,(H,26,31)(H,27,30). The molecule has 0 aromatic heterocycles. The van der Waals surface area contributed by atoms with Crippen LogP contribution in [0.15, 0.2) is 48.5 Å². The van der Waals surface area contributed by atoms with Gasteiger partial charge in [-0.1, -0.05) is 30.3 Å². The van der Waals surface area contributed by atoms with Crippen molar-refractivity contribution in [2.24, 2.45) is 5.92 Å². The summed E-state index contributed by atoms with van der Waals surface area (Å²) in [6.07, 6.45) is 2.44. The van der Waals surface area contributed by atoms with E-state index in [1.807, 2.05) is 30.3 Å². The molecule has 1 aliphatic carbocycles. The third kappa shape index (κ3) is 4.94. The van der Waals surface area contributed by atoms with E-state index in [2.05, 4.69) is 10.6 Å². The molecule has 172 valence electrons. The zero-order valence-corrected chi connectivity index (χ0v) is 18.3. The molecule has 0 bridgehead atoms. The summed E-state index contributed by atoms with van der Waals surface area (Å²) in [6, 6.07) is 14.5. The molecule has 2 unspecified atom stereocenters. The highest BCUT2D eigenvalue weighted by molar-refractivity contribution is 6.01. The molecule has 2 N–H and O–H groups in total. The highest BCUT2D eigenvalue weighted by atomic mass is 16.6. The van der Waals surface area contributed by atoms with E-state index in [0.717, 1.165) is 18.4 Å². The lowest BCUT2D eigenvalue weighted by atomic mass is 10.0. The average molecular weight is 450 g/mol. The van der Waals surface area contributed by atoms with Crippen LogP contribution in [0.4, 0.5) is 5.69 Å². The summed E-state index contributed by atoms with van der Waals surface area (Å²) in [5, 5.41) is 5.89. The first kappa shape index (κ1) is 21.3. The minimum Gasteiger partial charge on any atom is -0.486 e. The van der Waals surface area contributed by atoms with Crippen molar-refractivity contribution in [1.29, 1.82) is 0 Å². The minimum absolute atomic E-state index is 0.0998. The van der Waals surface area contributed by atoms with Gasteiger partial charge in [-0.15, -0.1) is 0 Å². The maximum Gasteiger partial charge on any atom is 0.243 e. The normalized spacial score (nSPS) is 20.3. The van der Waals surface area contributed by atoms with Gasteiger partial charge in [-0.3, -0.25) is 14.4 Å². The molecule has 2 fully saturated rings. The molecule has 0 spiro atoms. The van der Waals surface area contributed by atoms with E-state index < -0.39 is 12.0 Å². The fourth-order valence-corrected chi connectivity index (χ4v) is 4.21. The van der Waals surface area contributed by atoms with Crippen molar-refractivity contribution < 1.29 is 23.9 Å². The van der Waals surface area contributed by atoms with Crippen LogP contribution in [0.1, 0.15) is 24.8 Å². The van der Waals surface area contributed by atoms with Gasteiger partial charge < -0.3 is 25.0 Å². The van der Waals surface area contributed by atoms with Gasteiger partial charge in [0.15, 0.2) is 11.5 Å². The number of hydrogen-bond acceptors (Lipinski definition) is 5. The first-order valence-electron chi connectivity index (χ1n) is 11.4. The van der Waals surface area contributed by atoms with Crippen molar-refractivity contribution in [1.82, 2.24) is 10.6 Å². The number of nitrogens with one attached hydrogen (secondary N) is 2. The molecule has 8 nitrogen and oxygen atoms in total. The third-order valence-electron chi connectivity index (χ3n) is 6.17. The van der Waals surface area contributed by atoms with E-state index in [0.29, 0.717) is 36.8 Å². The second kappa shape index (κ2) is 9.13. The van der Waals surface area contributed by atoms with E-state index in [1.165, 1.54) is 0 Å². The Morgan fingerprint density at radius 2 is 1.79 bits per heavy atom. The van der Waals surface area contributed by atoms with Crippen molar-refractivity contribution in [3.63, 3.8) is 0 Å². The number of carbonyl (C=O) groups excluding carboxylic acids is 3. The number of fused-ring (bicyclic) bond motifs is 1. The second-order valence-electron chi connectivity index (χ2n) is 8.77. The fourth-order valence-electron chi connectivity index (χ4n) is 4.21. The summed E-state index contributed by atoms with van der Waals surface area (Å²) in [7, 11) is 0. The number of anilines is 1. The quantitative estimate of drug-likeness (QED) is 0.672. The summed E-state index contributed by atoms with van der Waals surface area (Å²) < 4.78 is 11.2. The zero-order valence-electron chi connectivity index (χ0n) is 18.3. The number of ether oxygens (including phenoxy) is 2. The van der Waals surface area contributed by atoms with Crippen molar-refractivity contribution in [2.75, 3.05) is 24.7 Å². The molecule has 2 heterocycles. The van der Waals surface area contributed by atoms with Crippen LogP contribution < -0.4 is 25.0 Å². The van der Waals surface area contributed by atoms with Crippen LogP contribution in [-0.4, -0.2) is 49.6 Å². The van der Waals surface area contributed by atoms with E-state index in [-0.39, 0.29) is 36.7 Å². The lowest BCUT2D eigenvalue weighted by Gasteiger charge is -2.23. The van der Waals surface area contributed by atoms with Gasteiger partial charge in [0, 0.05) is 37.2 Å². The van der Waals surface area contributed by atoms with Gasteiger partial charge in [0.25, 0.3) is 0 Å². The summed E-state index contributed by atoms with van der Waals surface area (Å²) in [6.45, 7) is 1.21. The van der Waals surface area contributed by atoms with Crippen molar-refractivity contribution in [3.8, 4) is 11.5 Å². The molecular formula is C25H27N3O5. The van der Waals surface area contributed by atoms with Gasteiger partial charge >= 0.3 is 0 Å². The Morgan fingerprint density at radius 1 is 1.03 bits per heavy atom. The second-order valence-corrected chi connectivity index (χ2v) is 8.77. The lowest BCUT2D eigenvalue weighted by Crippen LogP contribution is -2.50. The summed E-state index contributed by atoms with van der Waals surface area (Å²) in [5.41, 5.74) is 1.64. The Labute approximate surface area is 192 Å². The Balaban J connectivity index is 1.26. The summed E-state index contributed by atoms with van der Waals surface area (Å²) in [5.74, 6) is 0.125. The van der Waals surface area contributed by atoms with Crippen molar-refractivity contribution in [3.05, 3.63) is 54.1 Å². The number of rotatable bonds is 7. The van der Waals surface area contributed by atoms with Gasteiger partial charge in [0.1, 0.15) is 19.3 Å². The SMILES string of the molecule is O=C(NC(Cc1ccccc1)C(=O)NC1CC1)C1CC(=O)N(c2ccc3c(c2)OCCO3)C1. The summed E-state index contributed by atoms with van der Waals surface area (Å²) in [4.78, 5) is 40.2. The number of hydrogen-bond donors (Lipinski definition) is 2. The van der Waals surface area contributed by atoms with E-state index in [4.69, 9.17) is 9.47 Å². The Hall–Kier alpha value is -3.55. The molecular weight excluding hydrogens is 422 g/mol. The number of amides is 3. The molecule has 2 aliphatic heterocycles. The summed E-state index contributed by atoms with van der Waals surface area (Å²) >= 11 is 0. The van der Waals surface area contributed by atoms with E-state index in [9.17, 15) is 14.4 Å².